The van der Waals surface area contributed by atoms with Gasteiger partial charge in [0.15, 0.2) is 11.5 Å². The van der Waals surface area contributed by atoms with E-state index in [1.165, 1.54) is 4.88 Å². The van der Waals surface area contributed by atoms with Crippen LogP contribution in [-0.4, -0.2) is 49.2 Å². The highest BCUT2D eigenvalue weighted by atomic mass is 32.1. The van der Waals surface area contributed by atoms with Crippen molar-refractivity contribution < 1.29 is 19.0 Å². The van der Waals surface area contributed by atoms with E-state index in [9.17, 15) is 4.79 Å². The van der Waals surface area contributed by atoms with Crippen LogP contribution in [0.5, 0.6) is 17.2 Å². The predicted octanol–water partition coefficient (Wildman–Crippen LogP) is 4.11. The summed E-state index contributed by atoms with van der Waals surface area (Å²) in [6.07, 6.45) is 2.96. The zero-order valence-electron chi connectivity index (χ0n) is 17.3. The van der Waals surface area contributed by atoms with E-state index < -0.39 is 0 Å². The van der Waals surface area contributed by atoms with Crippen molar-refractivity contribution in [2.45, 2.75) is 32.2 Å². The van der Waals surface area contributed by atoms with E-state index in [0.717, 1.165) is 35.4 Å². The average Bonchev–Trinajstić information content (AvgIpc) is 3.34. The first-order valence-electron chi connectivity index (χ1n) is 9.53. The van der Waals surface area contributed by atoms with Crippen LogP contribution in [0.4, 0.5) is 0 Å². The number of rotatable bonds is 5. The second-order valence-corrected chi connectivity index (χ2v) is 8.39. The SMILES string of the molecule is COc1cc(OC)c2cc(C(=O)N(C)C3CCCc4nc(C)sc43)[nH]c2c1OC. The number of thiazole rings is 1. The topological polar surface area (TPSA) is 76.7 Å². The number of nitrogens with zero attached hydrogens (tertiary/aromatic N) is 2. The van der Waals surface area contributed by atoms with Crippen molar-refractivity contribution in [2.24, 2.45) is 0 Å². The molecule has 2 aromatic heterocycles. The van der Waals surface area contributed by atoms with Gasteiger partial charge in [0.25, 0.3) is 5.91 Å². The molecule has 4 rings (SSSR count). The van der Waals surface area contributed by atoms with Gasteiger partial charge in [-0.05, 0) is 32.3 Å². The number of aromatic nitrogens is 2. The number of hydrogen-bond donors (Lipinski definition) is 1. The molecule has 1 N–H and O–H groups in total. The maximum absolute atomic E-state index is 13.3. The summed E-state index contributed by atoms with van der Waals surface area (Å²) in [5.41, 5.74) is 2.30. The van der Waals surface area contributed by atoms with E-state index in [1.54, 1.807) is 38.7 Å². The van der Waals surface area contributed by atoms with Crippen LogP contribution in [0.15, 0.2) is 12.1 Å². The molecule has 0 aliphatic heterocycles. The Morgan fingerprint density at radius 2 is 1.97 bits per heavy atom. The Labute approximate surface area is 173 Å². The summed E-state index contributed by atoms with van der Waals surface area (Å²) in [6, 6.07) is 3.62. The van der Waals surface area contributed by atoms with Gasteiger partial charge in [0.2, 0.25) is 0 Å². The van der Waals surface area contributed by atoms with Gasteiger partial charge < -0.3 is 24.1 Å². The van der Waals surface area contributed by atoms with E-state index >= 15 is 0 Å². The predicted molar refractivity (Wildman–Crippen MR) is 113 cm³/mol. The van der Waals surface area contributed by atoms with Gasteiger partial charge in [0.1, 0.15) is 11.4 Å². The maximum atomic E-state index is 13.3. The molecule has 3 aromatic rings. The maximum Gasteiger partial charge on any atom is 0.270 e. The molecule has 0 saturated carbocycles. The fraction of sp³-hybridized carbons (Fsp3) is 0.429. The molecule has 7 nitrogen and oxygen atoms in total. The van der Waals surface area contributed by atoms with Crippen LogP contribution >= 0.6 is 11.3 Å². The van der Waals surface area contributed by atoms with E-state index in [-0.39, 0.29) is 11.9 Å². The molecule has 1 amide bonds. The number of fused-ring (bicyclic) bond motifs is 2. The van der Waals surface area contributed by atoms with Crippen LogP contribution in [0.2, 0.25) is 0 Å². The van der Waals surface area contributed by atoms with Crippen molar-refractivity contribution in [3.05, 3.63) is 33.4 Å². The number of H-pyrrole nitrogens is 1. The van der Waals surface area contributed by atoms with E-state index in [4.69, 9.17) is 14.2 Å². The van der Waals surface area contributed by atoms with E-state index in [2.05, 4.69) is 9.97 Å². The third-order valence-corrected chi connectivity index (χ3v) is 6.60. The van der Waals surface area contributed by atoms with Gasteiger partial charge >= 0.3 is 0 Å². The van der Waals surface area contributed by atoms with Gasteiger partial charge in [-0.15, -0.1) is 11.3 Å². The van der Waals surface area contributed by atoms with Gasteiger partial charge in [-0.1, -0.05) is 0 Å². The van der Waals surface area contributed by atoms with Crippen LogP contribution < -0.4 is 14.2 Å². The lowest BCUT2D eigenvalue weighted by Crippen LogP contribution is -2.33. The van der Waals surface area contributed by atoms with Gasteiger partial charge in [-0.2, -0.15) is 0 Å². The lowest BCUT2D eigenvalue weighted by atomic mass is 9.97. The fourth-order valence-electron chi connectivity index (χ4n) is 4.07. The van der Waals surface area contributed by atoms with E-state index in [1.807, 2.05) is 24.9 Å². The number of aryl methyl sites for hydroxylation is 2. The number of ether oxygens (including phenoxy) is 3. The number of aromatic amines is 1. The lowest BCUT2D eigenvalue weighted by Gasteiger charge is -2.30. The van der Waals surface area contributed by atoms with Crippen molar-refractivity contribution in [3.8, 4) is 17.2 Å². The van der Waals surface area contributed by atoms with Crippen LogP contribution in [-0.2, 0) is 6.42 Å². The Kier molecular flexibility index (Phi) is 5.12. The number of methoxy groups -OCH3 is 3. The van der Waals surface area contributed by atoms with Crippen molar-refractivity contribution in [1.29, 1.82) is 0 Å². The Morgan fingerprint density at radius 1 is 1.21 bits per heavy atom. The largest absolute Gasteiger partial charge is 0.496 e. The van der Waals surface area contributed by atoms with Crippen LogP contribution in [0.25, 0.3) is 10.9 Å². The molecule has 1 aromatic carbocycles. The molecule has 154 valence electrons. The van der Waals surface area contributed by atoms with Crippen molar-refractivity contribution >= 4 is 28.1 Å². The lowest BCUT2D eigenvalue weighted by molar-refractivity contribution is 0.0713. The normalized spacial score (nSPS) is 15.8. The molecule has 0 bridgehead atoms. The molecule has 2 heterocycles. The summed E-state index contributed by atoms with van der Waals surface area (Å²) in [5, 5.41) is 1.83. The first-order valence-corrected chi connectivity index (χ1v) is 10.3. The minimum absolute atomic E-state index is 0.0437. The quantitative estimate of drug-likeness (QED) is 0.679. The standard InChI is InChI=1S/C21H25N3O4S/c1-11-22-13-7-6-8-15(20(13)29-11)24(2)21(25)14-9-12-16(26-3)10-17(27-4)19(28-5)18(12)23-14/h9-10,15,23H,6-8H2,1-5H3. The summed E-state index contributed by atoms with van der Waals surface area (Å²) >= 11 is 1.69. The molecular weight excluding hydrogens is 390 g/mol. The Bertz CT molecular complexity index is 1070. The molecule has 0 radical (unpaired) electrons. The fourth-order valence-corrected chi connectivity index (χ4v) is 5.22. The second-order valence-electron chi connectivity index (χ2n) is 7.15. The number of hydrogen-bond acceptors (Lipinski definition) is 6. The molecule has 0 spiro atoms. The highest BCUT2D eigenvalue weighted by molar-refractivity contribution is 7.11. The van der Waals surface area contributed by atoms with Gasteiger partial charge in [0.05, 0.1) is 48.5 Å². The Balaban J connectivity index is 1.74. The summed E-state index contributed by atoms with van der Waals surface area (Å²) < 4.78 is 16.4. The third kappa shape index (κ3) is 3.21. The molecule has 29 heavy (non-hydrogen) atoms. The molecule has 1 unspecified atom stereocenters. The highest BCUT2D eigenvalue weighted by Crippen LogP contribution is 2.42. The highest BCUT2D eigenvalue weighted by Gasteiger charge is 2.31. The molecular formula is C21H25N3O4S. The van der Waals surface area contributed by atoms with Crippen LogP contribution in [0.1, 0.15) is 45.0 Å². The Hall–Kier alpha value is -2.74. The molecule has 1 aliphatic rings. The molecule has 8 heteroatoms. The van der Waals surface area contributed by atoms with Gasteiger partial charge in [-0.3, -0.25) is 4.79 Å². The van der Waals surface area contributed by atoms with Gasteiger partial charge in [-0.25, -0.2) is 4.98 Å². The zero-order chi connectivity index (χ0) is 20.7. The molecule has 0 saturated heterocycles. The summed E-state index contributed by atoms with van der Waals surface area (Å²) in [5.74, 6) is 1.63. The first-order chi connectivity index (χ1) is 14.0. The minimum atomic E-state index is -0.0758. The summed E-state index contributed by atoms with van der Waals surface area (Å²) in [4.78, 5) is 24.2. The first kappa shape index (κ1) is 19.6. The summed E-state index contributed by atoms with van der Waals surface area (Å²) in [6.45, 7) is 2.02. The number of carbonyl (C=O) groups is 1. The minimum Gasteiger partial charge on any atom is -0.496 e. The number of carbonyl (C=O) groups excluding carboxylic acids is 1. The zero-order valence-corrected chi connectivity index (χ0v) is 18.1. The second kappa shape index (κ2) is 7.59. The van der Waals surface area contributed by atoms with Crippen LogP contribution in [0, 0.1) is 6.92 Å². The van der Waals surface area contributed by atoms with Crippen molar-refractivity contribution in [3.63, 3.8) is 0 Å². The number of nitrogens with one attached hydrogen (secondary N) is 1. The molecule has 1 aliphatic carbocycles. The van der Waals surface area contributed by atoms with Crippen LogP contribution in [0.3, 0.4) is 0 Å². The third-order valence-electron chi connectivity index (χ3n) is 5.49. The molecule has 0 fully saturated rings. The number of benzene rings is 1. The number of amides is 1. The summed E-state index contributed by atoms with van der Waals surface area (Å²) in [7, 11) is 6.60. The average molecular weight is 416 g/mol. The monoisotopic (exact) mass is 415 g/mol. The van der Waals surface area contributed by atoms with Gasteiger partial charge in [0, 0.05) is 18.5 Å². The van der Waals surface area contributed by atoms with E-state index in [0.29, 0.717) is 28.5 Å². The van der Waals surface area contributed by atoms with Crippen molar-refractivity contribution in [1.82, 2.24) is 14.9 Å². The van der Waals surface area contributed by atoms with Crippen molar-refractivity contribution in [2.75, 3.05) is 28.4 Å². The Morgan fingerprint density at radius 3 is 2.66 bits per heavy atom. The molecule has 1 atom stereocenters. The smallest absolute Gasteiger partial charge is 0.270 e.